The van der Waals surface area contributed by atoms with Crippen LogP contribution < -0.4 is 0 Å². The number of fused-ring (bicyclic) bond motifs is 10. The first-order chi connectivity index (χ1) is 18.4. The number of nitrogens with zero attached hydrogens (tertiary/aromatic N) is 1. The molecule has 0 saturated carbocycles. The monoisotopic (exact) mass is 467 g/mol. The fourth-order valence-corrected chi connectivity index (χ4v) is 6.79. The van der Waals surface area contributed by atoms with Crippen molar-refractivity contribution in [1.82, 2.24) is 4.57 Å². The molecule has 0 bridgehead atoms. The van der Waals surface area contributed by atoms with Crippen molar-refractivity contribution in [2.45, 2.75) is 0 Å². The van der Waals surface area contributed by atoms with Crippen LogP contribution in [0.1, 0.15) is 0 Å². The van der Waals surface area contributed by atoms with Crippen molar-refractivity contribution < 1.29 is 0 Å². The highest BCUT2D eigenvalue weighted by molar-refractivity contribution is 6.28. The molecule has 1 aliphatic carbocycles. The topological polar surface area (TPSA) is 4.93 Å². The Kier molecular flexibility index (Phi) is 3.59. The van der Waals surface area contributed by atoms with E-state index >= 15 is 0 Å². The molecule has 0 unspecified atom stereocenters. The van der Waals surface area contributed by atoms with E-state index < -0.39 is 0 Å². The van der Waals surface area contributed by atoms with Gasteiger partial charge in [0.05, 0.1) is 16.7 Å². The van der Waals surface area contributed by atoms with Gasteiger partial charge in [-0.25, -0.2) is 0 Å². The van der Waals surface area contributed by atoms with Gasteiger partial charge in [0.15, 0.2) is 0 Å². The summed E-state index contributed by atoms with van der Waals surface area (Å²) < 4.78 is 2.52. The van der Waals surface area contributed by atoms with Crippen molar-refractivity contribution in [2.24, 2.45) is 0 Å². The quantitative estimate of drug-likeness (QED) is 0.212. The third-order valence-electron chi connectivity index (χ3n) is 8.29. The number of para-hydroxylation sites is 1. The Morgan fingerprint density at radius 2 is 1.00 bits per heavy atom. The maximum absolute atomic E-state index is 2.52. The Morgan fingerprint density at radius 3 is 1.86 bits per heavy atom. The second-order valence-corrected chi connectivity index (χ2v) is 10.1. The minimum absolute atomic E-state index is 1.23. The summed E-state index contributed by atoms with van der Waals surface area (Å²) in [4.78, 5) is 0. The average Bonchev–Trinajstić information content (AvgIpc) is 3.47. The lowest BCUT2D eigenvalue weighted by atomic mass is 9.98. The minimum atomic E-state index is 1.23. The number of hydrogen-bond donors (Lipinski definition) is 0. The molecule has 0 saturated heterocycles. The molecule has 0 radical (unpaired) electrons. The van der Waals surface area contributed by atoms with Gasteiger partial charge < -0.3 is 4.57 Å². The summed E-state index contributed by atoms with van der Waals surface area (Å²) in [6.07, 6.45) is 0. The third kappa shape index (κ3) is 2.39. The fraction of sp³-hybridized carbons (Fsp3) is 0. The Hall–Kier alpha value is -4.88. The van der Waals surface area contributed by atoms with Crippen LogP contribution in [0, 0.1) is 0 Å². The molecule has 8 aromatic rings. The maximum atomic E-state index is 2.52. The number of hydrogen-bond acceptors (Lipinski definition) is 0. The number of aromatic nitrogens is 1. The van der Waals surface area contributed by atoms with Gasteiger partial charge in [-0.15, -0.1) is 0 Å². The standard InChI is InChI=1S/C36H21N/c1-2-11-23-22(10-1)20-34(27-15-6-5-12-24(23)27)37-33-19-8-7-16-28(33)32-21-31-26-14-4-3-13-25(26)29-17-9-18-30(35(29)31)36(32)37/h1-21H. The normalized spacial score (nSPS) is 12.3. The molecule has 1 heterocycles. The van der Waals surface area contributed by atoms with E-state index in [4.69, 9.17) is 0 Å². The largest absolute Gasteiger partial charge is 0.308 e. The molecular weight excluding hydrogens is 446 g/mol. The van der Waals surface area contributed by atoms with E-state index in [1.54, 1.807) is 0 Å². The summed E-state index contributed by atoms with van der Waals surface area (Å²) in [5.41, 5.74) is 9.12. The Labute approximate surface area is 213 Å². The molecule has 0 atom stereocenters. The summed E-state index contributed by atoms with van der Waals surface area (Å²) in [6.45, 7) is 0. The van der Waals surface area contributed by atoms with Crippen molar-refractivity contribution in [3.8, 4) is 27.9 Å². The van der Waals surface area contributed by atoms with E-state index in [2.05, 4.69) is 132 Å². The second kappa shape index (κ2) is 6.87. The first-order valence-corrected chi connectivity index (χ1v) is 12.9. The molecule has 170 valence electrons. The zero-order chi connectivity index (χ0) is 24.1. The van der Waals surface area contributed by atoms with Crippen LogP contribution in [0.15, 0.2) is 127 Å². The Morgan fingerprint density at radius 1 is 0.378 bits per heavy atom. The van der Waals surface area contributed by atoms with Crippen molar-refractivity contribution in [3.63, 3.8) is 0 Å². The molecule has 37 heavy (non-hydrogen) atoms. The molecule has 7 aromatic carbocycles. The van der Waals surface area contributed by atoms with Gasteiger partial charge >= 0.3 is 0 Å². The number of benzene rings is 7. The van der Waals surface area contributed by atoms with E-state index in [0.717, 1.165) is 0 Å². The zero-order valence-corrected chi connectivity index (χ0v) is 20.1. The Balaban J connectivity index is 1.55. The maximum Gasteiger partial charge on any atom is 0.0620 e. The van der Waals surface area contributed by atoms with E-state index in [1.165, 1.54) is 82.1 Å². The van der Waals surface area contributed by atoms with Crippen LogP contribution in [0.3, 0.4) is 0 Å². The van der Waals surface area contributed by atoms with E-state index in [0.29, 0.717) is 0 Å². The third-order valence-corrected chi connectivity index (χ3v) is 8.29. The molecule has 0 spiro atoms. The highest BCUT2D eigenvalue weighted by atomic mass is 15.0. The highest BCUT2D eigenvalue weighted by Crippen LogP contribution is 2.51. The fourth-order valence-electron chi connectivity index (χ4n) is 6.79. The van der Waals surface area contributed by atoms with Crippen molar-refractivity contribution in [1.29, 1.82) is 0 Å². The van der Waals surface area contributed by atoms with Crippen LogP contribution in [0.25, 0.3) is 82.1 Å². The van der Waals surface area contributed by atoms with Crippen LogP contribution in [0.4, 0.5) is 0 Å². The van der Waals surface area contributed by atoms with Crippen molar-refractivity contribution in [2.75, 3.05) is 0 Å². The van der Waals surface area contributed by atoms with Gasteiger partial charge in [0.1, 0.15) is 0 Å². The summed E-state index contributed by atoms with van der Waals surface area (Å²) in [5, 5.41) is 10.4. The number of rotatable bonds is 1. The Bertz CT molecular complexity index is 2250. The lowest BCUT2D eigenvalue weighted by molar-refractivity contribution is 1.21. The molecule has 9 rings (SSSR count). The first-order valence-electron chi connectivity index (χ1n) is 12.9. The summed E-state index contributed by atoms with van der Waals surface area (Å²) in [6, 6.07) is 46.9. The van der Waals surface area contributed by atoms with Crippen LogP contribution in [-0.4, -0.2) is 4.57 Å². The molecule has 1 nitrogen and oxygen atoms in total. The van der Waals surface area contributed by atoms with Crippen LogP contribution in [0.5, 0.6) is 0 Å². The molecule has 0 fully saturated rings. The SMILES string of the molecule is c1ccc2c(c1)-c1cccc3c1c-2cc1c2ccccc2n(-c2cc4ccccc4c4ccccc24)c31. The van der Waals surface area contributed by atoms with Gasteiger partial charge in [0, 0.05) is 21.5 Å². The van der Waals surface area contributed by atoms with Crippen LogP contribution >= 0.6 is 0 Å². The van der Waals surface area contributed by atoms with Crippen molar-refractivity contribution in [3.05, 3.63) is 127 Å². The second-order valence-electron chi connectivity index (χ2n) is 10.1. The lowest BCUT2D eigenvalue weighted by Crippen LogP contribution is -1.97. The van der Waals surface area contributed by atoms with E-state index in [9.17, 15) is 0 Å². The summed E-state index contributed by atoms with van der Waals surface area (Å²) >= 11 is 0. The predicted octanol–water partition coefficient (Wildman–Crippen LogP) is 9.89. The first kappa shape index (κ1) is 19.3. The average molecular weight is 468 g/mol. The molecule has 1 aliphatic rings. The van der Waals surface area contributed by atoms with Gasteiger partial charge in [-0.2, -0.15) is 0 Å². The van der Waals surface area contributed by atoms with Crippen LogP contribution in [0.2, 0.25) is 0 Å². The molecule has 0 N–H and O–H groups in total. The molecule has 1 aromatic heterocycles. The van der Waals surface area contributed by atoms with Crippen LogP contribution in [-0.2, 0) is 0 Å². The van der Waals surface area contributed by atoms with Gasteiger partial charge in [-0.3, -0.25) is 0 Å². The molecule has 0 aliphatic heterocycles. The van der Waals surface area contributed by atoms with E-state index in [-0.39, 0.29) is 0 Å². The summed E-state index contributed by atoms with van der Waals surface area (Å²) in [5.74, 6) is 0. The van der Waals surface area contributed by atoms with Crippen molar-refractivity contribution >= 4 is 54.1 Å². The highest BCUT2D eigenvalue weighted by Gasteiger charge is 2.25. The van der Waals surface area contributed by atoms with Gasteiger partial charge in [0.2, 0.25) is 0 Å². The van der Waals surface area contributed by atoms with Gasteiger partial charge in [0.25, 0.3) is 0 Å². The van der Waals surface area contributed by atoms with Gasteiger partial charge in [-0.05, 0) is 62.0 Å². The zero-order valence-electron chi connectivity index (χ0n) is 20.1. The predicted molar refractivity (Wildman–Crippen MR) is 158 cm³/mol. The minimum Gasteiger partial charge on any atom is -0.308 e. The summed E-state index contributed by atoms with van der Waals surface area (Å²) in [7, 11) is 0. The van der Waals surface area contributed by atoms with Gasteiger partial charge in [-0.1, -0.05) is 109 Å². The molecular formula is C36H21N. The lowest BCUT2D eigenvalue weighted by Gasteiger charge is -2.15. The van der Waals surface area contributed by atoms with E-state index in [1.807, 2.05) is 0 Å². The molecule has 1 heteroatoms. The smallest absolute Gasteiger partial charge is 0.0620 e. The molecule has 0 amide bonds.